The molecule has 0 radical (unpaired) electrons. The maximum absolute atomic E-state index is 12.2. The molecule has 0 fully saturated rings. The molecule has 2 amide bonds. The van der Waals surface area contributed by atoms with E-state index in [-0.39, 0.29) is 24.1 Å². The highest BCUT2D eigenvalue weighted by atomic mass is 32.1. The van der Waals surface area contributed by atoms with Gasteiger partial charge < -0.3 is 15.1 Å². The van der Waals surface area contributed by atoms with Gasteiger partial charge in [0.05, 0.1) is 23.7 Å². The van der Waals surface area contributed by atoms with Gasteiger partial charge in [-0.3, -0.25) is 14.4 Å². The lowest BCUT2D eigenvalue weighted by atomic mass is 10.1. The lowest BCUT2D eigenvalue weighted by Gasteiger charge is -2.13. The van der Waals surface area contributed by atoms with Crippen LogP contribution in [-0.4, -0.2) is 17.6 Å². The molecule has 0 spiro atoms. The van der Waals surface area contributed by atoms with E-state index in [1.54, 1.807) is 24.3 Å². The second-order valence-corrected chi connectivity index (χ2v) is 7.03. The predicted molar refractivity (Wildman–Crippen MR) is 101 cm³/mol. The van der Waals surface area contributed by atoms with Crippen LogP contribution in [0, 0.1) is 0 Å². The van der Waals surface area contributed by atoms with Crippen molar-refractivity contribution >= 4 is 28.9 Å². The van der Waals surface area contributed by atoms with E-state index in [0.717, 1.165) is 10.4 Å². The van der Waals surface area contributed by atoms with Crippen LogP contribution in [0.1, 0.15) is 38.8 Å². The van der Waals surface area contributed by atoms with E-state index < -0.39 is 11.8 Å². The van der Waals surface area contributed by atoms with Gasteiger partial charge in [-0.1, -0.05) is 30.3 Å². The molecular formula is C20H18N2O4S. The topological polar surface area (TPSA) is 88.4 Å². The third-order valence-corrected chi connectivity index (χ3v) is 4.99. The molecule has 0 saturated heterocycles. The number of benzene rings is 1. The van der Waals surface area contributed by atoms with Crippen LogP contribution in [0.2, 0.25) is 0 Å². The van der Waals surface area contributed by atoms with Crippen LogP contribution >= 0.6 is 11.3 Å². The minimum atomic E-state index is -0.718. The van der Waals surface area contributed by atoms with Crippen LogP contribution in [0.15, 0.2) is 65.3 Å². The van der Waals surface area contributed by atoms with E-state index in [0.29, 0.717) is 4.88 Å². The first kappa shape index (κ1) is 18.6. The van der Waals surface area contributed by atoms with Crippen molar-refractivity contribution in [2.45, 2.75) is 19.5 Å². The number of rotatable bonds is 6. The maximum atomic E-state index is 12.2. The van der Waals surface area contributed by atoms with Gasteiger partial charge in [-0.05, 0) is 36.8 Å². The minimum absolute atomic E-state index is 0.169. The van der Waals surface area contributed by atoms with Crippen LogP contribution in [0.3, 0.4) is 0 Å². The van der Waals surface area contributed by atoms with Crippen molar-refractivity contribution < 1.29 is 18.8 Å². The Morgan fingerprint density at radius 3 is 2.48 bits per heavy atom. The predicted octanol–water partition coefficient (Wildman–Crippen LogP) is 3.07. The molecular weight excluding hydrogens is 364 g/mol. The second-order valence-electron chi connectivity index (χ2n) is 5.86. The first-order valence-corrected chi connectivity index (χ1v) is 9.17. The van der Waals surface area contributed by atoms with Gasteiger partial charge in [0.25, 0.3) is 0 Å². The summed E-state index contributed by atoms with van der Waals surface area (Å²) in [6, 6.07) is 15.8. The number of hydrogen-bond acceptors (Lipinski definition) is 5. The summed E-state index contributed by atoms with van der Waals surface area (Å²) >= 11 is 1.25. The molecule has 0 bridgehead atoms. The first-order valence-electron chi connectivity index (χ1n) is 8.35. The number of hydrogen-bond donors (Lipinski definition) is 2. The Labute approximate surface area is 160 Å². The van der Waals surface area contributed by atoms with Crippen molar-refractivity contribution in [3.63, 3.8) is 0 Å². The summed E-state index contributed by atoms with van der Waals surface area (Å²) in [6.45, 7) is 1.98. The molecule has 0 unspecified atom stereocenters. The van der Waals surface area contributed by atoms with Crippen LogP contribution in [0.25, 0.3) is 0 Å². The van der Waals surface area contributed by atoms with E-state index in [9.17, 15) is 14.4 Å². The van der Waals surface area contributed by atoms with Crippen LogP contribution in [0.4, 0.5) is 0 Å². The van der Waals surface area contributed by atoms with Gasteiger partial charge in [0, 0.05) is 4.88 Å². The number of ketones is 1. The summed E-state index contributed by atoms with van der Waals surface area (Å²) in [5.41, 5.74) is 0.915. The molecule has 138 valence electrons. The molecule has 7 heteroatoms. The Bertz CT molecular complexity index is 932. The number of furan rings is 1. The van der Waals surface area contributed by atoms with Gasteiger partial charge in [0.15, 0.2) is 5.76 Å². The molecule has 0 aliphatic rings. The molecule has 0 aliphatic heterocycles. The Kier molecular flexibility index (Phi) is 5.83. The number of carbonyl (C=O) groups excluding carboxylic acids is 3. The molecule has 6 nitrogen and oxygen atoms in total. The average Bonchev–Trinajstić information content (AvgIpc) is 3.38. The number of nitrogens with one attached hydrogen (secondary N) is 2. The van der Waals surface area contributed by atoms with Crippen molar-refractivity contribution in [1.29, 1.82) is 0 Å². The summed E-state index contributed by atoms with van der Waals surface area (Å²) in [6.07, 6.45) is 1.44. The monoisotopic (exact) mass is 382 g/mol. The summed E-state index contributed by atoms with van der Waals surface area (Å²) < 4.78 is 5.10. The van der Waals surface area contributed by atoms with Gasteiger partial charge in [0.1, 0.15) is 0 Å². The average molecular weight is 382 g/mol. The standard InChI is InChI=1S/C20H18N2O4S/c1-13(14-6-3-2-4-7-14)22-20(25)19(24)21-12-15-9-10-17(27-15)18(23)16-8-5-11-26-16/h2-11,13H,12H2,1H3,(H,21,24)(H,22,25)/t13-/m0/s1. The highest BCUT2D eigenvalue weighted by Gasteiger charge is 2.18. The third-order valence-electron chi connectivity index (χ3n) is 3.91. The Morgan fingerprint density at radius 2 is 1.78 bits per heavy atom. The minimum Gasteiger partial charge on any atom is -0.461 e. The molecule has 1 aromatic carbocycles. The summed E-state index contributed by atoms with van der Waals surface area (Å²) in [7, 11) is 0. The van der Waals surface area contributed by atoms with E-state index in [1.165, 1.54) is 17.6 Å². The van der Waals surface area contributed by atoms with Crippen LogP contribution in [0.5, 0.6) is 0 Å². The van der Waals surface area contributed by atoms with Gasteiger partial charge >= 0.3 is 11.8 Å². The molecule has 0 aliphatic carbocycles. The number of amides is 2. The summed E-state index contributed by atoms with van der Waals surface area (Å²) in [5, 5.41) is 5.23. The smallest absolute Gasteiger partial charge is 0.309 e. The Balaban J connectivity index is 1.52. The zero-order chi connectivity index (χ0) is 19.2. The van der Waals surface area contributed by atoms with E-state index in [2.05, 4.69) is 10.6 Å². The maximum Gasteiger partial charge on any atom is 0.309 e. The Morgan fingerprint density at radius 1 is 1.00 bits per heavy atom. The lowest BCUT2D eigenvalue weighted by molar-refractivity contribution is -0.139. The molecule has 1 atom stereocenters. The van der Waals surface area contributed by atoms with Gasteiger partial charge in [-0.2, -0.15) is 0 Å². The first-order chi connectivity index (χ1) is 13.0. The van der Waals surface area contributed by atoms with E-state index >= 15 is 0 Å². The van der Waals surface area contributed by atoms with Crippen molar-refractivity contribution in [2.24, 2.45) is 0 Å². The fourth-order valence-electron chi connectivity index (χ4n) is 2.46. The van der Waals surface area contributed by atoms with Gasteiger partial charge in [0.2, 0.25) is 5.78 Å². The molecule has 3 rings (SSSR count). The van der Waals surface area contributed by atoms with E-state index in [1.807, 2.05) is 37.3 Å². The highest BCUT2D eigenvalue weighted by molar-refractivity contribution is 7.14. The largest absolute Gasteiger partial charge is 0.461 e. The highest BCUT2D eigenvalue weighted by Crippen LogP contribution is 2.20. The molecule has 3 aromatic rings. The van der Waals surface area contributed by atoms with Crippen molar-refractivity contribution in [3.05, 3.63) is 81.9 Å². The summed E-state index contributed by atoms with van der Waals surface area (Å²) in [4.78, 5) is 37.5. The molecule has 2 heterocycles. The molecule has 2 N–H and O–H groups in total. The summed E-state index contributed by atoms with van der Waals surface area (Å²) in [5.74, 6) is -1.36. The molecule has 27 heavy (non-hydrogen) atoms. The second kappa shape index (κ2) is 8.46. The van der Waals surface area contributed by atoms with Gasteiger partial charge in [-0.15, -0.1) is 11.3 Å². The zero-order valence-electron chi connectivity index (χ0n) is 14.6. The zero-order valence-corrected chi connectivity index (χ0v) is 15.4. The van der Waals surface area contributed by atoms with Crippen molar-refractivity contribution in [1.82, 2.24) is 10.6 Å². The molecule has 2 aromatic heterocycles. The molecule has 0 saturated carbocycles. The van der Waals surface area contributed by atoms with Crippen LogP contribution < -0.4 is 10.6 Å². The van der Waals surface area contributed by atoms with Crippen molar-refractivity contribution in [3.8, 4) is 0 Å². The lowest BCUT2D eigenvalue weighted by Crippen LogP contribution is -2.40. The van der Waals surface area contributed by atoms with Gasteiger partial charge in [-0.25, -0.2) is 0 Å². The third kappa shape index (κ3) is 4.71. The SMILES string of the molecule is C[C@H](NC(=O)C(=O)NCc1ccc(C(=O)c2ccco2)s1)c1ccccc1. The van der Waals surface area contributed by atoms with Crippen LogP contribution in [-0.2, 0) is 16.1 Å². The quantitative estimate of drug-likeness (QED) is 0.507. The number of thiophene rings is 1. The van der Waals surface area contributed by atoms with Crippen molar-refractivity contribution in [2.75, 3.05) is 0 Å². The Hall–Kier alpha value is -3.19. The normalized spacial score (nSPS) is 11.6. The van der Waals surface area contributed by atoms with E-state index in [4.69, 9.17) is 4.42 Å². The fraction of sp³-hybridized carbons (Fsp3) is 0.150. The fourth-order valence-corrected chi connectivity index (χ4v) is 3.35. The number of carbonyl (C=O) groups is 3.